The summed E-state index contributed by atoms with van der Waals surface area (Å²) in [5.74, 6) is -0.210. The van der Waals surface area contributed by atoms with Crippen LogP contribution in [0.5, 0.6) is 0 Å². The fourth-order valence-corrected chi connectivity index (χ4v) is 4.77. The van der Waals surface area contributed by atoms with E-state index in [2.05, 4.69) is 10.0 Å². The first-order valence-corrected chi connectivity index (χ1v) is 10.9. The van der Waals surface area contributed by atoms with Crippen LogP contribution in [-0.4, -0.2) is 20.4 Å². The van der Waals surface area contributed by atoms with E-state index < -0.39 is 10.0 Å². The van der Waals surface area contributed by atoms with Crippen LogP contribution in [0, 0.1) is 6.92 Å². The van der Waals surface area contributed by atoms with E-state index in [1.165, 1.54) is 18.9 Å². The number of amides is 1. The molecule has 0 spiro atoms. The van der Waals surface area contributed by atoms with E-state index in [0.29, 0.717) is 16.8 Å². The Morgan fingerprint density at radius 1 is 0.963 bits per heavy atom. The van der Waals surface area contributed by atoms with E-state index in [1.54, 1.807) is 43.3 Å². The summed E-state index contributed by atoms with van der Waals surface area (Å²) in [6.07, 6.45) is 6.64. The Kier molecular flexibility index (Phi) is 6.16. The number of carbonyl (C=O) groups is 1. The van der Waals surface area contributed by atoms with Crippen LogP contribution in [0.25, 0.3) is 0 Å². The number of anilines is 1. The largest absolute Gasteiger partial charge is 0.349 e. The van der Waals surface area contributed by atoms with Gasteiger partial charge >= 0.3 is 0 Å². The first kappa shape index (κ1) is 19.4. The smallest absolute Gasteiger partial charge is 0.262 e. The molecule has 0 atom stereocenters. The van der Waals surface area contributed by atoms with Crippen molar-refractivity contribution < 1.29 is 13.2 Å². The molecule has 1 saturated carbocycles. The first-order chi connectivity index (χ1) is 13.0. The normalized spacial score (nSPS) is 15.7. The van der Waals surface area contributed by atoms with Gasteiger partial charge in [-0.2, -0.15) is 0 Å². The van der Waals surface area contributed by atoms with Crippen LogP contribution in [0.2, 0.25) is 0 Å². The third-order valence-corrected chi connectivity index (χ3v) is 6.48. The molecule has 1 aliphatic rings. The van der Waals surface area contributed by atoms with E-state index in [0.717, 1.165) is 25.7 Å². The summed E-state index contributed by atoms with van der Waals surface area (Å²) >= 11 is 0. The molecule has 2 aromatic carbocycles. The Hall–Kier alpha value is -2.34. The maximum atomic E-state index is 12.8. The van der Waals surface area contributed by atoms with Gasteiger partial charge in [-0.1, -0.05) is 49.9 Å². The molecule has 2 N–H and O–H groups in total. The van der Waals surface area contributed by atoms with Crippen LogP contribution in [0.15, 0.2) is 53.4 Å². The third-order valence-electron chi connectivity index (χ3n) is 4.96. The number of sulfonamides is 1. The minimum atomic E-state index is -3.77. The van der Waals surface area contributed by atoms with Crippen molar-refractivity contribution in [2.75, 3.05) is 4.72 Å². The molecule has 0 unspecified atom stereocenters. The lowest BCUT2D eigenvalue weighted by atomic mass is 10.1. The van der Waals surface area contributed by atoms with Crippen LogP contribution in [0.1, 0.15) is 54.4 Å². The first-order valence-electron chi connectivity index (χ1n) is 9.45. The number of aryl methyl sites for hydroxylation is 1. The minimum absolute atomic E-state index is 0.125. The zero-order valence-corrected chi connectivity index (χ0v) is 16.4. The highest BCUT2D eigenvalue weighted by Gasteiger charge is 2.21. The average molecular weight is 387 g/mol. The maximum Gasteiger partial charge on any atom is 0.262 e. The van der Waals surface area contributed by atoms with Crippen LogP contribution < -0.4 is 10.0 Å². The minimum Gasteiger partial charge on any atom is -0.349 e. The summed E-state index contributed by atoms with van der Waals surface area (Å²) in [6.45, 7) is 1.73. The number of carbonyl (C=O) groups excluding carboxylic acids is 1. The Morgan fingerprint density at radius 2 is 1.63 bits per heavy atom. The molecule has 1 aliphatic carbocycles. The van der Waals surface area contributed by atoms with Crippen LogP contribution in [0.4, 0.5) is 5.69 Å². The Balaban J connectivity index is 1.80. The van der Waals surface area contributed by atoms with E-state index >= 15 is 0 Å². The predicted octanol–water partition coefficient (Wildman–Crippen LogP) is 4.25. The predicted molar refractivity (Wildman–Crippen MR) is 107 cm³/mol. The van der Waals surface area contributed by atoms with Crippen molar-refractivity contribution in [3.8, 4) is 0 Å². The molecule has 0 bridgehead atoms. The highest BCUT2D eigenvalue weighted by Crippen LogP contribution is 2.22. The van der Waals surface area contributed by atoms with Crippen molar-refractivity contribution in [2.24, 2.45) is 0 Å². The summed E-state index contributed by atoms with van der Waals surface area (Å²) in [7, 11) is -3.77. The van der Waals surface area contributed by atoms with Gasteiger partial charge in [0.05, 0.1) is 4.90 Å². The molecule has 0 heterocycles. The molecule has 144 valence electrons. The molecule has 6 heteroatoms. The van der Waals surface area contributed by atoms with Gasteiger partial charge in [0, 0.05) is 17.3 Å². The lowest BCUT2D eigenvalue weighted by Crippen LogP contribution is -2.34. The van der Waals surface area contributed by atoms with E-state index in [9.17, 15) is 13.2 Å². The number of nitrogens with one attached hydrogen (secondary N) is 2. The summed E-state index contributed by atoms with van der Waals surface area (Å²) in [5.41, 5.74) is 1.47. The van der Waals surface area contributed by atoms with Crippen molar-refractivity contribution in [1.82, 2.24) is 5.32 Å². The lowest BCUT2D eigenvalue weighted by Gasteiger charge is -2.17. The molecular formula is C21H26N2O3S. The second kappa shape index (κ2) is 8.57. The molecule has 1 fully saturated rings. The van der Waals surface area contributed by atoms with E-state index in [1.807, 2.05) is 6.07 Å². The zero-order chi connectivity index (χ0) is 19.3. The fourth-order valence-electron chi connectivity index (χ4n) is 3.44. The highest BCUT2D eigenvalue weighted by atomic mass is 32.2. The van der Waals surface area contributed by atoms with Gasteiger partial charge < -0.3 is 5.32 Å². The van der Waals surface area contributed by atoms with Gasteiger partial charge in [0.25, 0.3) is 15.9 Å². The molecule has 0 aliphatic heterocycles. The second-order valence-electron chi connectivity index (χ2n) is 7.11. The number of hydrogen-bond acceptors (Lipinski definition) is 3. The molecule has 1 amide bonds. The zero-order valence-electron chi connectivity index (χ0n) is 15.6. The van der Waals surface area contributed by atoms with Crippen LogP contribution in [0.3, 0.4) is 0 Å². The standard InChI is InChI=1S/C21H26N2O3S/c1-16-13-14-17(21(24)22-18-9-5-2-3-6-10-18)15-20(16)27(25,26)23-19-11-7-4-8-12-19/h4,7-8,11-15,18,23H,2-3,5-6,9-10H2,1H3,(H,22,24). The quantitative estimate of drug-likeness (QED) is 0.755. The Bertz CT molecular complexity index is 887. The summed E-state index contributed by atoms with van der Waals surface area (Å²) in [5, 5.41) is 3.07. The molecule has 2 aromatic rings. The number of benzene rings is 2. The SMILES string of the molecule is Cc1ccc(C(=O)NC2CCCCCC2)cc1S(=O)(=O)Nc1ccccc1. The van der Waals surface area contributed by atoms with Crippen molar-refractivity contribution >= 4 is 21.6 Å². The molecule has 0 radical (unpaired) electrons. The van der Waals surface area contributed by atoms with Gasteiger partial charge in [0.2, 0.25) is 0 Å². The lowest BCUT2D eigenvalue weighted by molar-refractivity contribution is 0.0933. The topological polar surface area (TPSA) is 75.3 Å². The van der Waals surface area contributed by atoms with Gasteiger partial charge in [-0.25, -0.2) is 8.42 Å². The van der Waals surface area contributed by atoms with Crippen LogP contribution >= 0.6 is 0 Å². The van der Waals surface area contributed by atoms with Gasteiger partial charge in [0.1, 0.15) is 0 Å². The van der Waals surface area contributed by atoms with Crippen molar-refractivity contribution in [2.45, 2.75) is 56.4 Å². The summed E-state index contributed by atoms with van der Waals surface area (Å²) in [6, 6.07) is 13.7. The second-order valence-corrected chi connectivity index (χ2v) is 8.76. The van der Waals surface area contributed by atoms with E-state index in [-0.39, 0.29) is 16.8 Å². The molecule has 3 rings (SSSR count). The Labute approximate surface area is 161 Å². The van der Waals surface area contributed by atoms with Crippen molar-refractivity contribution in [1.29, 1.82) is 0 Å². The average Bonchev–Trinajstić information content (AvgIpc) is 2.91. The maximum absolute atomic E-state index is 12.8. The number of rotatable bonds is 5. The Morgan fingerprint density at radius 3 is 2.30 bits per heavy atom. The van der Waals surface area contributed by atoms with Gasteiger partial charge in [-0.05, 0) is 49.6 Å². The number of hydrogen-bond donors (Lipinski definition) is 2. The van der Waals surface area contributed by atoms with Gasteiger partial charge in [-0.3, -0.25) is 9.52 Å². The molecule has 5 nitrogen and oxygen atoms in total. The van der Waals surface area contributed by atoms with Crippen LogP contribution in [-0.2, 0) is 10.0 Å². The summed E-state index contributed by atoms with van der Waals surface area (Å²) in [4.78, 5) is 12.8. The third kappa shape index (κ3) is 5.10. The van der Waals surface area contributed by atoms with E-state index in [4.69, 9.17) is 0 Å². The highest BCUT2D eigenvalue weighted by molar-refractivity contribution is 7.92. The van der Waals surface area contributed by atoms with Crippen molar-refractivity contribution in [3.63, 3.8) is 0 Å². The fraction of sp³-hybridized carbons (Fsp3) is 0.381. The molecule has 0 saturated heterocycles. The van der Waals surface area contributed by atoms with Gasteiger partial charge in [0.15, 0.2) is 0 Å². The van der Waals surface area contributed by atoms with Gasteiger partial charge in [-0.15, -0.1) is 0 Å². The molecule has 27 heavy (non-hydrogen) atoms. The number of para-hydroxylation sites is 1. The molecular weight excluding hydrogens is 360 g/mol. The monoisotopic (exact) mass is 386 g/mol. The van der Waals surface area contributed by atoms with Crippen molar-refractivity contribution in [3.05, 3.63) is 59.7 Å². The molecule has 0 aromatic heterocycles. The summed E-state index contributed by atoms with van der Waals surface area (Å²) < 4.78 is 28.2.